The first kappa shape index (κ1) is 15.0. The molecule has 5 heteroatoms. The second-order valence-electron chi connectivity index (χ2n) is 5.96. The molecule has 0 spiro atoms. The van der Waals surface area contributed by atoms with Gasteiger partial charge in [0, 0.05) is 19.4 Å². The van der Waals surface area contributed by atoms with Crippen LogP contribution in [0, 0.1) is 5.41 Å². The van der Waals surface area contributed by atoms with Crippen LogP contribution in [-0.2, 0) is 18.3 Å². The summed E-state index contributed by atoms with van der Waals surface area (Å²) in [6, 6.07) is 0. The average molecular weight is 279 g/mol. The van der Waals surface area contributed by atoms with Gasteiger partial charge in [-0.2, -0.15) is 5.10 Å². The Kier molecular flexibility index (Phi) is 4.45. The minimum atomic E-state index is -0.729. The van der Waals surface area contributed by atoms with Gasteiger partial charge in [-0.25, -0.2) is 4.98 Å². The summed E-state index contributed by atoms with van der Waals surface area (Å²) in [5.74, 6) is 1.45. The maximum absolute atomic E-state index is 11.6. The predicted octanol–water partition coefficient (Wildman–Crippen LogP) is 2.91. The molecule has 1 heterocycles. The zero-order valence-corrected chi connectivity index (χ0v) is 12.7. The van der Waals surface area contributed by atoms with E-state index in [-0.39, 0.29) is 0 Å². The smallest absolute Gasteiger partial charge is 0.310 e. The van der Waals surface area contributed by atoms with E-state index < -0.39 is 11.4 Å². The van der Waals surface area contributed by atoms with Gasteiger partial charge in [-0.05, 0) is 25.7 Å². The van der Waals surface area contributed by atoms with Gasteiger partial charge >= 0.3 is 5.97 Å². The second-order valence-corrected chi connectivity index (χ2v) is 5.96. The lowest BCUT2D eigenvalue weighted by Crippen LogP contribution is -2.33. The molecule has 0 atom stereocenters. The Morgan fingerprint density at radius 3 is 2.45 bits per heavy atom. The number of aliphatic carboxylic acids is 1. The third kappa shape index (κ3) is 2.72. The van der Waals surface area contributed by atoms with Gasteiger partial charge in [-0.15, -0.1) is 0 Å². The predicted molar refractivity (Wildman–Crippen MR) is 76.6 cm³/mol. The Morgan fingerprint density at radius 1 is 1.35 bits per heavy atom. The van der Waals surface area contributed by atoms with Crippen molar-refractivity contribution in [2.24, 2.45) is 12.5 Å². The lowest BCUT2D eigenvalue weighted by atomic mass is 9.79. The van der Waals surface area contributed by atoms with Crippen molar-refractivity contribution >= 4 is 5.97 Å². The molecule has 0 amide bonds. The van der Waals surface area contributed by atoms with Crippen LogP contribution >= 0.6 is 0 Å². The Labute approximate surface area is 120 Å². The van der Waals surface area contributed by atoms with E-state index in [2.05, 4.69) is 10.1 Å². The number of hydrogen-bond acceptors (Lipinski definition) is 3. The molecule has 1 aromatic heterocycles. The zero-order chi connectivity index (χ0) is 14.8. The molecule has 0 aliphatic heterocycles. The number of hydrogen-bond donors (Lipinski definition) is 1. The molecule has 1 saturated carbocycles. The van der Waals surface area contributed by atoms with Crippen molar-refractivity contribution in [1.29, 1.82) is 0 Å². The van der Waals surface area contributed by atoms with E-state index in [4.69, 9.17) is 0 Å². The van der Waals surface area contributed by atoms with Gasteiger partial charge < -0.3 is 5.11 Å². The maximum atomic E-state index is 11.6. The fourth-order valence-corrected chi connectivity index (χ4v) is 3.13. The maximum Gasteiger partial charge on any atom is 0.310 e. The van der Waals surface area contributed by atoms with E-state index >= 15 is 0 Å². The monoisotopic (exact) mass is 279 g/mol. The summed E-state index contributed by atoms with van der Waals surface area (Å²) >= 11 is 0. The molecule has 1 aliphatic rings. The molecule has 1 fully saturated rings. The van der Waals surface area contributed by atoms with Crippen LogP contribution in [0.3, 0.4) is 0 Å². The van der Waals surface area contributed by atoms with Crippen molar-refractivity contribution in [1.82, 2.24) is 14.8 Å². The fourth-order valence-electron chi connectivity index (χ4n) is 3.13. The topological polar surface area (TPSA) is 68.0 Å². The van der Waals surface area contributed by atoms with Crippen LogP contribution < -0.4 is 0 Å². The summed E-state index contributed by atoms with van der Waals surface area (Å²) in [6.45, 7) is 3.87. The molecule has 112 valence electrons. The van der Waals surface area contributed by atoms with Crippen LogP contribution in [-0.4, -0.2) is 25.8 Å². The van der Waals surface area contributed by atoms with Crippen LogP contribution in [0.1, 0.15) is 69.9 Å². The zero-order valence-electron chi connectivity index (χ0n) is 12.7. The Bertz CT molecular complexity index is 471. The van der Waals surface area contributed by atoms with E-state index in [1.807, 2.05) is 20.9 Å². The van der Waals surface area contributed by atoms with Gasteiger partial charge in [0.1, 0.15) is 5.82 Å². The first-order valence-corrected chi connectivity index (χ1v) is 7.65. The molecule has 5 nitrogen and oxygen atoms in total. The van der Waals surface area contributed by atoms with Crippen molar-refractivity contribution in [2.75, 3.05) is 0 Å². The van der Waals surface area contributed by atoms with Crippen LogP contribution in [0.15, 0.2) is 0 Å². The third-order valence-corrected chi connectivity index (χ3v) is 4.89. The van der Waals surface area contributed by atoms with E-state index in [1.54, 1.807) is 4.68 Å². The van der Waals surface area contributed by atoms with Crippen LogP contribution in [0.5, 0.6) is 0 Å². The second kappa shape index (κ2) is 5.94. The molecule has 0 unspecified atom stereocenters. The third-order valence-electron chi connectivity index (χ3n) is 4.89. The molecule has 0 aromatic carbocycles. The Hall–Kier alpha value is -1.39. The highest BCUT2D eigenvalue weighted by Gasteiger charge is 2.37. The molecule has 1 aliphatic carbocycles. The number of carbonyl (C=O) groups is 1. The van der Waals surface area contributed by atoms with Crippen LogP contribution in [0.25, 0.3) is 0 Å². The number of rotatable bonds is 6. The molecule has 2 rings (SSSR count). The first-order chi connectivity index (χ1) is 9.52. The molecule has 1 aromatic rings. The van der Waals surface area contributed by atoms with Gasteiger partial charge in [0.15, 0.2) is 5.82 Å². The molecular weight excluding hydrogens is 254 g/mol. The number of carboxylic acids is 1. The minimum absolute atomic E-state index is 0.464. The summed E-state index contributed by atoms with van der Waals surface area (Å²) in [6.07, 6.45) is 6.52. The highest BCUT2D eigenvalue weighted by atomic mass is 16.4. The quantitative estimate of drug-likeness (QED) is 0.869. The lowest BCUT2D eigenvalue weighted by molar-refractivity contribution is -0.149. The number of aromatic nitrogens is 3. The van der Waals surface area contributed by atoms with E-state index in [9.17, 15) is 9.90 Å². The van der Waals surface area contributed by atoms with Gasteiger partial charge in [0.05, 0.1) is 5.41 Å². The SMILES string of the molecule is CCC(CC)(Cc1nc(C2CCCC2)nn1C)C(=O)O. The summed E-state index contributed by atoms with van der Waals surface area (Å²) in [5.41, 5.74) is -0.715. The number of carboxylic acid groups (broad SMARTS) is 1. The van der Waals surface area contributed by atoms with Crippen molar-refractivity contribution in [3.8, 4) is 0 Å². The first-order valence-electron chi connectivity index (χ1n) is 7.65. The summed E-state index contributed by atoms with van der Waals surface area (Å²) in [5, 5.41) is 14.1. The standard InChI is InChI=1S/C15H25N3O2/c1-4-15(5-2,14(19)20)10-12-16-13(17-18(12)3)11-8-6-7-9-11/h11H,4-10H2,1-3H3,(H,19,20). The molecule has 20 heavy (non-hydrogen) atoms. The Morgan fingerprint density at radius 2 is 1.95 bits per heavy atom. The van der Waals surface area contributed by atoms with Gasteiger partial charge in [0.2, 0.25) is 0 Å². The van der Waals surface area contributed by atoms with Gasteiger partial charge in [0.25, 0.3) is 0 Å². The Balaban J connectivity index is 2.22. The van der Waals surface area contributed by atoms with Gasteiger partial charge in [-0.1, -0.05) is 26.7 Å². The normalized spacial score (nSPS) is 16.8. The molecular formula is C15H25N3O2. The van der Waals surface area contributed by atoms with E-state index in [0.717, 1.165) is 24.5 Å². The summed E-state index contributed by atoms with van der Waals surface area (Å²) < 4.78 is 1.77. The fraction of sp³-hybridized carbons (Fsp3) is 0.800. The molecule has 0 bridgehead atoms. The van der Waals surface area contributed by atoms with Crippen molar-refractivity contribution in [3.05, 3.63) is 11.6 Å². The summed E-state index contributed by atoms with van der Waals surface area (Å²) in [7, 11) is 1.87. The van der Waals surface area contributed by atoms with Crippen LogP contribution in [0.4, 0.5) is 0 Å². The highest BCUT2D eigenvalue weighted by molar-refractivity contribution is 5.74. The van der Waals surface area contributed by atoms with Crippen molar-refractivity contribution in [3.63, 3.8) is 0 Å². The largest absolute Gasteiger partial charge is 0.481 e. The lowest BCUT2D eigenvalue weighted by Gasteiger charge is -2.25. The van der Waals surface area contributed by atoms with Crippen LogP contribution in [0.2, 0.25) is 0 Å². The molecule has 1 N–H and O–H groups in total. The minimum Gasteiger partial charge on any atom is -0.481 e. The van der Waals surface area contributed by atoms with Crippen molar-refractivity contribution < 1.29 is 9.90 Å². The van der Waals surface area contributed by atoms with E-state index in [1.165, 1.54) is 12.8 Å². The highest BCUT2D eigenvalue weighted by Crippen LogP contribution is 2.34. The van der Waals surface area contributed by atoms with E-state index in [0.29, 0.717) is 25.2 Å². The summed E-state index contributed by atoms with van der Waals surface area (Å²) in [4.78, 5) is 16.2. The van der Waals surface area contributed by atoms with Gasteiger partial charge in [-0.3, -0.25) is 9.48 Å². The molecule has 0 saturated heterocycles. The number of nitrogens with zero attached hydrogens (tertiary/aromatic N) is 3. The molecule has 0 radical (unpaired) electrons. The van der Waals surface area contributed by atoms with Crippen molar-refractivity contribution in [2.45, 2.75) is 64.7 Å². The average Bonchev–Trinajstić information content (AvgIpc) is 3.05. The number of aryl methyl sites for hydroxylation is 1.